The second kappa shape index (κ2) is 6.97. The summed E-state index contributed by atoms with van der Waals surface area (Å²) < 4.78 is 2.03. The topological polar surface area (TPSA) is 70.5 Å². The fraction of sp³-hybridized carbons (Fsp3) is 0.353. The molecular formula is C17H20BrN5O2. The van der Waals surface area contributed by atoms with Gasteiger partial charge in [0.2, 0.25) is 5.91 Å². The minimum Gasteiger partial charge on any atom is -0.343 e. The molecule has 0 saturated carbocycles. The molecule has 2 aromatic rings. The lowest BCUT2D eigenvalue weighted by Gasteiger charge is -2.37. The second-order valence-electron chi connectivity index (χ2n) is 6.22. The van der Waals surface area contributed by atoms with E-state index in [-0.39, 0.29) is 23.3 Å². The lowest BCUT2D eigenvalue weighted by Crippen LogP contribution is -2.48. The molecule has 3 rings (SSSR count). The molecule has 1 aromatic carbocycles. The second-order valence-corrected chi connectivity index (χ2v) is 7.03. The number of anilines is 2. The summed E-state index contributed by atoms with van der Waals surface area (Å²) in [5.41, 5.74) is 1.46. The van der Waals surface area contributed by atoms with Crippen LogP contribution < -0.4 is 10.9 Å². The third-order valence-corrected chi connectivity index (χ3v) is 4.75. The summed E-state index contributed by atoms with van der Waals surface area (Å²) in [5, 5.41) is 3.03. The lowest BCUT2D eigenvalue weighted by atomic mass is 10.0. The highest BCUT2D eigenvalue weighted by Crippen LogP contribution is 2.26. The van der Waals surface area contributed by atoms with Crippen molar-refractivity contribution in [1.29, 1.82) is 0 Å². The average Bonchev–Trinajstić information content (AvgIpc) is 2.57. The quantitative estimate of drug-likeness (QED) is 0.841. The number of carbonyl (C=O) groups excluding carboxylic acids is 1. The maximum atomic E-state index is 12.4. The van der Waals surface area contributed by atoms with Gasteiger partial charge in [-0.15, -0.1) is 0 Å². The van der Waals surface area contributed by atoms with Gasteiger partial charge in [-0.25, -0.2) is 4.98 Å². The van der Waals surface area contributed by atoms with E-state index in [0.29, 0.717) is 4.60 Å². The molecule has 7 nitrogen and oxygen atoms in total. The van der Waals surface area contributed by atoms with Crippen LogP contribution in [0.4, 0.5) is 11.5 Å². The molecule has 0 spiro atoms. The van der Waals surface area contributed by atoms with Crippen LogP contribution in [-0.4, -0.2) is 52.4 Å². The van der Waals surface area contributed by atoms with Crippen molar-refractivity contribution in [2.24, 2.45) is 7.05 Å². The van der Waals surface area contributed by atoms with E-state index in [9.17, 15) is 9.59 Å². The van der Waals surface area contributed by atoms with Crippen LogP contribution in [0, 0.1) is 0 Å². The molecule has 8 heteroatoms. The van der Waals surface area contributed by atoms with Crippen molar-refractivity contribution in [3.63, 3.8) is 0 Å². The Morgan fingerprint density at radius 2 is 1.80 bits per heavy atom. The van der Waals surface area contributed by atoms with E-state index in [1.165, 1.54) is 4.57 Å². The van der Waals surface area contributed by atoms with Crippen LogP contribution in [0.5, 0.6) is 0 Å². The Balaban J connectivity index is 1.83. The summed E-state index contributed by atoms with van der Waals surface area (Å²) in [4.78, 5) is 32.5. The first-order valence-corrected chi connectivity index (χ1v) is 8.71. The van der Waals surface area contributed by atoms with Crippen LogP contribution in [0.25, 0.3) is 0 Å². The fourth-order valence-electron chi connectivity index (χ4n) is 2.88. The first kappa shape index (κ1) is 17.6. The third kappa shape index (κ3) is 3.59. The van der Waals surface area contributed by atoms with Crippen LogP contribution in [0.1, 0.15) is 11.6 Å². The Bertz CT molecular complexity index is 849. The molecule has 1 aliphatic rings. The van der Waals surface area contributed by atoms with Crippen LogP contribution in [0.3, 0.4) is 0 Å². The molecule has 1 saturated heterocycles. The molecule has 1 amide bonds. The Morgan fingerprint density at radius 3 is 2.48 bits per heavy atom. The largest absolute Gasteiger partial charge is 0.343 e. The first-order chi connectivity index (χ1) is 11.9. The van der Waals surface area contributed by atoms with Crippen molar-refractivity contribution < 1.29 is 4.79 Å². The molecule has 0 radical (unpaired) electrons. The molecule has 2 heterocycles. The minimum absolute atomic E-state index is 0.0944. The number of hydrogen-bond donors (Lipinski definition) is 1. The maximum Gasteiger partial charge on any atom is 0.293 e. The van der Waals surface area contributed by atoms with Crippen LogP contribution in [-0.2, 0) is 11.8 Å². The number of hydrogen-bond acceptors (Lipinski definition) is 5. The standard InChI is InChI=1S/C17H20BrN5O2/c1-21-8-9-22(2)16(24)14(21)11-4-6-12(7-5-11)19-15-17(25)23(3)10-13(18)20-15/h4-7,10,14H,8-9H2,1-3H3,(H,19,20)/t14-/m1/s1. The Morgan fingerprint density at radius 1 is 1.12 bits per heavy atom. The van der Waals surface area contributed by atoms with E-state index in [0.717, 1.165) is 24.3 Å². The average molecular weight is 406 g/mol. The Labute approximate surface area is 154 Å². The molecule has 0 aliphatic carbocycles. The molecule has 25 heavy (non-hydrogen) atoms. The monoisotopic (exact) mass is 405 g/mol. The zero-order valence-electron chi connectivity index (χ0n) is 14.4. The summed E-state index contributed by atoms with van der Waals surface area (Å²) >= 11 is 3.28. The van der Waals surface area contributed by atoms with Gasteiger partial charge in [0.25, 0.3) is 5.56 Å². The van der Waals surface area contributed by atoms with Gasteiger partial charge in [-0.2, -0.15) is 0 Å². The van der Waals surface area contributed by atoms with Gasteiger partial charge in [0.15, 0.2) is 5.82 Å². The molecule has 0 bridgehead atoms. The highest BCUT2D eigenvalue weighted by atomic mass is 79.9. The van der Waals surface area contributed by atoms with E-state index in [1.807, 2.05) is 38.4 Å². The van der Waals surface area contributed by atoms with E-state index >= 15 is 0 Å². The van der Waals surface area contributed by atoms with E-state index in [2.05, 4.69) is 31.1 Å². The summed E-state index contributed by atoms with van der Waals surface area (Å²) in [7, 11) is 5.45. The fourth-order valence-corrected chi connectivity index (χ4v) is 3.36. The van der Waals surface area contributed by atoms with Crippen molar-refractivity contribution in [2.75, 3.05) is 32.5 Å². The summed E-state index contributed by atoms with van der Waals surface area (Å²) in [6.07, 6.45) is 1.61. The molecule has 1 atom stereocenters. The van der Waals surface area contributed by atoms with E-state index in [4.69, 9.17) is 0 Å². The highest BCUT2D eigenvalue weighted by molar-refractivity contribution is 9.10. The Hall–Kier alpha value is -2.19. The molecule has 0 unspecified atom stereocenters. The van der Waals surface area contributed by atoms with Crippen LogP contribution in [0.15, 0.2) is 39.9 Å². The minimum atomic E-state index is -0.273. The van der Waals surface area contributed by atoms with Crippen molar-refractivity contribution >= 4 is 33.3 Å². The number of rotatable bonds is 3. The van der Waals surface area contributed by atoms with Crippen LogP contribution in [0.2, 0.25) is 0 Å². The van der Waals surface area contributed by atoms with Gasteiger partial charge in [0.1, 0.15) is 10.6 Å². The van der Waals surface area contributed by atoms with Crippen LogP contribution >= 0.6 is 15.9 Å². The first-order valence-electron chi connectivity index (χ1n) is 7.92. The van der Waals surface area contributed by atoms with Crippen molar-refractivity contribution in [3.05, 3.63) is 51.0 Å². The van der Waals surface area contributed by atoms with Crippen molar-refractivity contribution in [1.82, 2.24) is 19.4 Å². The lowest BCUT2D eigenvalue weighted by molar-refractivity contribution is -0.139. The zero-order valence-corrected chi connectivity index (χ0v) is 15.9. The van der Waals surface area contributed by atoms with Gasteiger partial charge >= 0.3 is 0 Å². The third-order valence-electron chi connectivity index (χ3n) is 4.37. The predicted octanol–water partition coefficient (Wildman–Crippen LogP) is 1.73. The highest BCUT2D eigenvalue weighted by Gasteiger charge is 2.31. The number of nitrogens with zero attached hydrogens (tertiary/aromatic N) is 4. The SMILES string of the molecule is CN1CCN(C)[C@H](c2ccc(Nc3nc(Br)cn(C)c3=O)cc2)C1=O. The number of aryl methyl sites for hydroxylation is 1. The van der Waals surface area contributed by atoms with Gasteiger partial charge < -0.3 is 14.8 Å². The molecule has 1 aliphatic heterocycles. The number of piperazine rings is 1. The number of carbonyl (C=O) groups is 1. The molecule has 1 N–H and O–H groups in total. The van der Waals surface area contributed by atoms with E-state index < -0.39 is 0 Å². The number of amides is 1. The van der Waals surface area contributed by atoms with Gasteiger partial charge in [-0.1, -0.05) is 12.1 Å². The van der Waals surface area contributed by atoms with Gasteiger partial charge in [-0.3, -0.25) is 14.5 Å². The number of aromatic nitrogens is 2. The number of halogens is 1. The molecular weight excluding hydrogens is 386 g/mol. The van der Waals surface area contributed by atoms with Crippen molar-refractivity contribution in [3.8, 4) is 0 Å². The smallest absolute Gasteiger partial charge is 0.293 e. The zero-order chi connectivity index (χ0) is 18.1. The Kier molecular flexibility index (Phi) is 4.91. The molecule has 132 valence electrons. The number of benzene rings is 1. The summed E-state index contributed by atoms with van der Waals surface area (Å²) in [6.45, 7) is 1.58. The number of likely N-dealkylation sites (N-methyl/N-ethyl adjacent to an activating group) is 2. The molecule has 1 aromatic heterocycles. The van der Waals surface area contributed by atoms with Gasteiger partial charge in [-0.05, 0) is 40.7 Å². The maximum absolute atomic E-state index is 12.4. The molecule has 1 fully saturated rings. The predicted molar refractivity (Wildman–Crippen MR) is 99.9 cm³/mol. The van der Waals surface area contributed by atoms with Gasteiger partial charge in [0, 0.05) is 39.1 Å². The van der Waals surface area contributed by atoms with E-state index in [1.54, 1.807) is 18.1 Å². The normalized spacial score (nSPS) is 18.5. The van der Waals surface area contributed by atoms with Crippen molar-refractivity contribution in [2.45, 2.75) is 6.04 Å². The summed E-state index contributed by atoms with van der Waals surface area (Å²) in [5.74, 6) is 0.340. The van der Waals surface area contributed by atoms with Gasteiger partial charge in [0.05, 0.1) is 0 Å². The number of nitrogens with one attached hydrogen (secondary N) is 1. The summed E-state index contributed by atoms with van der Waals surface area (Å²) in [6, 6.07) is 7.25.